The lowest BCUT2D eigenvalue weighted by atomic mass is 10.2. The molecule has 8 heteroatoms. The predicted molar refractivity (Wildman–Crippen MR) is 79.8 cm³/mol. The molecule has 0 saturated heterocycles. The Morgan fingerprint density at radius 1 is 0.864 bits per heavy atom. The molecule has 2 aromatic carbocycles. The molecule has 0 heterocycles. The van der Waals surface area contributed by atoms with Gasteiger partial charge in [-0.1, -0.05) is 24.3 Å². The standard InChI is InChI=1S/C14H15N2O5P/c17-9-11-1-5-13(6-2-11)15-16-14-7-3-12(4-8-14)10-21-22(18,19)20/h1-8,17H,9-10H2,(H2,18,19,20). The molecule has 0 saturated carbocycles. The van der Waals surface area contributed by atoms with E-state index in [2.05, 4.69) is 14.8 Å². The largest absolute Gasteiger partial charge is 0.469 e. The number of hydrogen-bond acceptors (Lipinski definition) is 5. The summed E-state index contributed by atoms with van der Waals surface area (Å²) in [6.07, 6.45) is 0. The maximum Gasteiger partial charge on any atom is 0.469 e. The molecule has 22 heavy (non-hydrogen) atoms. The quantitative estimate of drug-likeness (QED) is 0.558. The Morgan fingerprint density at radius 2 is 1.32 bits per heavy atom. The van der Waals surface area contributed by atoms with Crippen LogP contribution in [0.25, 0.3) is 0 Å². The zero-order valence-corrected chi connectivity index (χ0v) is 12.4. The van der Waals surface area contributed by atoms with Crippen LogP contribution in [0.5, 0.6) is 0 Å². The summed E-state index contributed by atoms with van der Waals surface area (Å²) in [6.45, 7) is -0.195. The van der Waals surface area contributed by atoms with Gasteiger partial charge in [0.1, 0.15) is 0 Å². The number of phosphoric ester groups is 1. The summed E-state index contributed by atoms with van der Waals surface area (Å²) in [6, 6.07) is 13.7. The minimum absolute atomic E-state index is 0.0183. The summed E-state index contributed by atoms with van der Waals surface area (Å²) in [5.74, 6) is 0. The molecule has 0 unspecified atom stereocenters. The Morgan fingerprint density at radius 3 is 1.73 bits per heavy atom. The Kier molecular flexibility index (Phi) is 5.54. The molecule has 0 aromatic heterocycles. The third kappa shape index (κ3) is 5.48. The van der Waals surface area contributed by atoms with Crippen LogP contribution in [0.1, 0.15) is 11.1 Å². The van der Waals surface area contributed by atoms with E-state index in [1.165, 1.54) is 0 Å². The number of phosphoric acid groups is 1. The molecule has 2 rings (SSSR count). The van der Waals surface area contributed by atoms with Gasteiger partial charge in [-0.3, -0.25) is 4.52 Å². The maximum atomic E-state index is 10.6. The van der Waals surface area contributed by atoms with Crippen molar-refractivity contribution in [3.63, 3.8) is 0 Å². The van der Waals surface area contributed by atoms with Crippen LogP contribution in [0, 0.1) is 0 Å². The van der Waals surface area contributed by atoms with Crippen LogP contribution in [-0.4, -0.2) is 14.9 Å². The molecule has 0 bridgehead atoms. The second kappa shape index (κ2) is 7.40. The predicted octanol–water partition coefficient (Wildman–Crippen LogP) is 3.20. The number of azo groups is 1. The van der Waals surface area contributed by atoms with Crippen LogP contribution in [-0.2, 0) is 22.3 Å². The average Bonchev–Trinajstić information content (AvgIpc) is 2.52. The summed E-state index contributed by atoms with van der Waals surface area (Å²) >= 11 is 0. The number of benzene rings is 2. The molecule has 7 nitrogen and oxygen atoms in total. The van der Waals surface area contributed by atoms with E-state index in [1.807, 2.05) is 0 Å². The van der Waals surface area contributed by atoms with Gasteiger partial charge in [-0.05, 0) is 35.4 Å². The van der Waals surface area contributed by atoms with Gasteiger partial charge in [-0.2, -0.15) is 10.2 Å². The number of nitrogens with zero attached hydrogens (tertiary/aromatic N) is 2. The van der Waals surface area contributed by atoms with Gasteiger partial charge in [0.05, 0.1) is 24.6 Å². The smallest absolute Gasteiger partial charge is 0.392 e. The van der Waals surface area contributed by atoms with Crippen molar-refractivity contribution >= 4 is 19.2 Å². The van der Waals surface area contributed by atoms with Gasteiger partial charge in [0.25, 0.3) is 0 Å². The average molecular weight is 322 g/mol. The molecule has 0 atom stereocenters. The van der Waals surface area contributed by atoms with Crippen molar-refractivity contribution in [3.8, 4) is 0 Å². The monoisotopic (exact) mass is 322 g/mol. The van der Waals surface area contributed by atoms with Crippen molar-refractivity contribution < 1.29 is 24.0 Å². The van der Waals surface area contributed by atoms with Crippen molar-refractivity contribution in [2.24, 2.45) is 10.2 Å². The molecule has 0 amide bonds. The SMILES string of the molecule is O=P(O)(O)OCc1ccc(N=Nc2ccc(CO)cc2)cc1. The van der Waals surface area contributed by atoms with Crippen molar-refractivity contribution in [1.82, 2.24) is 0 Å². The van der Waals surface area contributed by atoms with Crippen molar-refractivity contribution in [2.75, 3.05) is 0 Å². The van der Waals surface area contributed by atoms with Crippen LogP contribution in [0.2, 0.25) is 0 Å². The van der Waals surface area contributed by atoms with Crippen LogP contribution in [0.15, 0.2) is 58.8 Å². The highest BCUT2D eigenvalue weighted by Gasteiger charge is 2.13. The van der Waals surface area contributed by atoms with Crippen molar-refractivity contribution in [1.29, 1.82) is 0 Å². The number of rotatable bonds is 6. The van der Waals surface area contributed by atoms with E-state index in [4.69, 9.17) is 14.9 Å². The van der Waals surface area contributed by atoms with Gasteiger partial charge in [-0.25, -0.2) is 4.57 Å². The molecular weight excluding hydrogens is 307 g/mol. The fourth-order valence-electron chi connectivity index (χ4n) is 1.60. The molecular formula is C14H15N2O5P. The topological polar surface area (TPSA) is 112 Å². The molecule has 0 aliphatic heterocycles. The summed E-state index contributed by atoms with van der Waals surface area (Å²) in [7, 11) is -4.46. The second-order valence-corrected chi connectivity index (χ2v) is 5.69. The normalized spacial score (nSPS) is 12.0. The van der Waals surface area contributed by atoms with Crippen LogP contribution in [0.4, 0.5) is 11.4 Å². The van der Waals surface area contributed by atoms with Gasteiger partial charge < -0.3 is 14.9 Å². The maximum absolute atomic E-state index is 10.6. The lowest BCUT2D eigenvalue weighted by molar-refractivity contribution is 0.189. The fraction of sp³-hybridized carbons (Fsp3) is 0.143. The molecule has 116 valence electrons. The lowest BCUT2D eigenvalue weighted by Crippen LogP contribution is -1.89. The van der Waals surface area contributed by atoms with Crippen LogP contribution in [0.3, 0.4) is 0 Å². The Hall–Kier alpha value is -1.89. The van der Waals surface area contributed by atoms with Crippen LogP contribution < -0.4 is 0 Å². The molecule has 3 N–H and O–H groups in total. The molecule has 0 fully saturated rings. The van der Waals surface area contributed by atoms with E-state index in [0.29, 0.717) is 16.9 Å². The first kappa shape index (κ1) is 16.5. The molecule has 0 spiro atoms. The lowest BCUT2D eigenvalue weighted by Gasteiger charge is -2.04. The number of hydrogen-bond donors (Lipinski definition) is 3. The van der Waals surface area contributed by atoms with E-state index < -0.39 is 7.82 Å². The first-order chi connectivity index (χ1) is 10.5. The summed E-state index contributed by atoms with van der Waals surface area (Å²) in [4.78, 5) is 17.2. The Balaban J connectivity index is 1.98. The molecule has 0 aliphatic rings. The van der Waals surface area contributed by atoms with Gasteiger partial charge in [0.15, 0.2) is 0 Å². The van der Waals surface area contributed by atoms with Gasteiger partial charge in [-0.15, -0.1) is 0 Å². The first-order valence-corrected chi connectivity index (χ1v) is 7.90. The molecule has 2 aromatic rings. The molecule has 0 radical (unpaired) electrons. The third-order valence-corrected chi connectivity index (χ3v) is 3.20. The van der Waals surface area contributed by atoms with Crippen molar-refractivity contribution in [3.05, 3.63) is 59.7 Å². The van der Waals surface area contributed by atoms with Gasteiger partial charge in [0.2, 0.25) is 0 Å². The zero-order chi connectivity index (χ0) is 16.0. The summed E-state index contributed by atoms with van der Waals surface area (Å²) in [5, 5.41) is 17.0. The van der Waals surface area contributed by atoms with E-state index in [-0.39, 0.29) is 13.2 Å². The third-order valence-electron chi connectivity index (χ3n) is 2.74. The second-order valence-electron chi connectivity index (χ2n) is 4.46. The zero-order valence-electron chi connectivity index (χ0n) is 11.5. The highest BCUT2D eigenvalue weighted by Crippen LogP contribution is 2.37. The Labute approximate surface area is 127 Å². The van der Waals surface area contributed by atoms with E-state index in [1.54, 1.807) is 48.5 Å². The minimum atomic E-state index is -4.46. The minimum Gasteiger partial charge on any atom is -0.392 e. The van der Waals surface area contributed by atoms with E-state index in [0.717, 1.165) is 5.56 Å². The van der Waals surface area contributed by atoms with E-state index >= 15 is 0 Å². The first-order valence-electron chi connectivity index (χ1n) is 6.37. The van der Waals surface area contributed by atoms with Gasteiger partial charge in [0, 0.05) is 0 Å². The highest BCUT2D eigenvalue weighted by molar-refractivity contribution is 7.46. The fourth-order valence-corrected chi connectivity index (χ4v) is 1.92. The van der Waals surface area contributed by atoms with E-state index in [9.17, 15) is 4.57 Å². The number of aliphatic hydroxyl groups excluding tert-OH is 1. The van der Waals surface area contributed by atoms with Crippen molar-refractivity contribution in [2.45, 2.75) is 13.2 Å². The van der Waals surface area contributed by atoms with Gasteiger partial charge >= 0.3 is 7.82 Å². The highest BCUT2D eigenvalue weighted by atomic mass is 31.2. The summed E-state index contributed by atoms with van der Waals surface area (Å²) in [5.41, 5.74) is 2.68. The summed E-state index contributed by atoms with van der Waals surface area (Å²) < 4.78 is 15.0. The Bertz CT molecular complexity index is 679. The number of aliphatic hydroxyl groups is 1. The van der Waals surface area contributed by atoms with Crippen LogP contribution >= 0.6 is 7.82 Å². The molecule has 0 aliphatic carbocycles.